The first-order chi connectivity index (χ1) is 14.4. The summed E-state index contributed by atoms with van der Waals surface area (Å²) in [6.07, 6.45) is 3.96. The Labute approximate surface area is 174 Å². The van der Waals surface area contributed by atoms with Gasteiger partial charge < -0.3 is 4.74 Å². The van der Waals surface area contributed by atoms with E-state index in [1.165, 1.54) is 28.8 Å². The van der Waals surface area contributed by atoms with Crippen molar-refractivity contribution in [2.75, 3.05) is 19.7 Å². The Bertz CT molecular complexity index is 1160. The Morgan fingerprint density at radius 2 is 2.07 bits per heavy atom. The standard InChI is InChI=1S/C20H22FN5O3S/c1-3-25-13-18(14(2)24-25)30(27,28)26-9-10-29-17(12-26)20-19(22-7-8-23-20)15-5-4-6-16(21)11-15/h4-8,11,13,17H,3,9-10,12H2,1-2H3. The van der Waals surface area contributed by atoms with Crippen LogP contribution < -0.4 is 0 Å². The highest BCUT2D eigenvalue weighted by molar-refractivity contribution is 7.89. The van der Waals surface area contributed by atoms with E-state index in [1.807, 2.05) is 6.92 Å². The summed E-state index contributed by atoms with van der Waals surface area (Å²) in [4.78, 5) is 8.92. The average molecular weight is 431 g/mol. The number of halogens is 1. The zero-order valence-electron chi connectivity index (χ0n) is 16.7. The molecule has 1 aliphatic rings. The second-order valence-corrected chi connectivity index (χ2v) is 8.86. The maximum absolute atomic E-state index is 13.7. The zero-order valence-corrected chi connectivity index (χ0v) is 17.5. The molecule has 3 heterocycles. The fourth-order valence-electron chi connectivity index (χ4n) is 3.51. The van der Waals surface area contributed by atoms with Gasteiger partial charge in [0.2, 0.25) is 10.0 Å². The van der Waals surface area contributed by atoms with Gasteiger partial charge in [0.05, 0.1) is 23.7 Å². The van der Waals surface area contributed by atoms with E-state index < -0.39 is 16.1 Å². The van der Waals surface area contributed by atoms with Crippen LogP contribution in [0.4, 0.5) is 4.39 Å². The molecule has 30 heavy (non-hydrogen) atoms. The number of hydrogen-bond acceptors (Lipinski definition) is 6. The highest BCUT2D eigenvalue weighted by Gasteiger charge is 2.35. The fraction of sp³-hybridized carbons (Fsp3) is 0.350. The molecule has 3 aromatic rings. The van der Waals surface area contributed by atoms with Gasteiger partial charge in [0.25, 0.3) is 0 Å². The Hall–Kier alpha value is -2.69. The van der Waals surface area contributed by atoms with Crippen molar-refractivity contribution in [1.29, 1.82) is 0 Å². The van der Waals surface area contributed by atoms with Crippen molar-refractivity contribution < 1.29 is 17.5 Å². The highest BCUT2D eigenvalue weighted by Crippen LogP contribution is 2.31. The molecule has 1 saturated heterocycles. The van der Waals surface area contributed by atoms with Gasteiger partial charge in [-0.1, -0.05) is 12.1 Å². The van der Waals surface area contributed by atoms with Crippen molar-refractivity contribution in [3.05, 3.63) is 60.1 Å². The summed E-state index contributed by atoms with van der Waals surface area (Å²) in [5.41, 5.74) is 1.96. The maximum atomic E-state index is 13.7. The summed E-state index contributed by atoms with van der Waals surface area (Å²) < 4.78 is 49.1. The lowest BCUT2D eigenvalue weighted by Crippen LogP contribution is -2.42. The molecule has 0 saturated carbocycles. The van der Waals surface area contributed by atoms with E-state index in [4.69, 9.17) is 4.74 Å². The van der Waals surface area contributed by atoms with Crippen LogP contribution in [-0.2, 0) is 21.3 Å². The van der Waals surface area contributed by atoms with Crippen molar-refractivity contribution in [2.45, 2.75) is 31.4 Å². The molecule has 10 heteroatoms. The second kappa shape index (κ2) is 8.21. The van der Waals surface area contributed by atoms with E-state index in [2.05, 4.69) is 15.1 Å². The molecule has 1 aromatic carbocycles. The largest absolute Gasteiger partial charge is 0.369 e. The van der Waals surface area contributed by atoms with Crippen molar-refractivity contribution in [3.63, 3.8) is 0 Å². The molecule has 1 aliphatic heterocycles. The summed E-state index contributed by atoms with van der Waals surface area (Å²) in [5, 5.41) is 4.25. The van der Waals surface area contributed by atoms with Crippen LogP contribution in [0, 0.1) is 12.7 Å². The molecule has 0 aliphatic carbocycles. The SMILES string of the molecule is CCn1cc(S(=O)(=O)N2CCOC(c3nccnc3-c3cccc(F)c3)C2)c(C)n1. The smallest absolute Gasteiger partial charge is 0.246 e. The zero-order chi connectivity index (χ0) is 21.3. The number of benzene rings is 1. The van der Waals surface area contributed by atoms with Crippen molar-refractivity contribution in [1.82, 2.24) is 24.1 Å². The first-order valence-electron chi connectivity index (χ1n) is 9.62. The van der Waals surface area contributed by atoms with Crippen molar-refractivity contribution in [3.8, 4) is 11.3 Å². The summed E-state index contributed by atoms with van der Waals surface area (Å²) in [5.74, 6) is -0.388. The maximum Gasteiger partial charge on any atom is 0.246 e. The molecule has 1 atom stereocenters. The molecule has 0 N–H and O–H groups in total. The number of hydrogen-bond donors (Lipinski definition) is 0. The topological polar surface area (TPSA) is 90.2 Å². The molecule has 1 fully saturated rings. The lowest BCUT2D eigenvalue weighted by atomic mass is 10.1. The minimum absolute atomic E-state index is 0.0834. The van der Waals surface area contributed by atoms with Crippen molar-refractivity contribution >= 4 is 10.0 Å². The number of morpholine rings is 1. The summed E-state index contributed by atoms with van der Waals surface area (Å²) >= 11 is 0. The normalized spacial score (nSPS) is 17.9. The van der Waals surface area contributed by atoms with E-state index >= 15 is 0 Å². The highest BCUT2D eigenvalue weighted by atomic mass is 32.2. The Kier molecular flexibility index (Phi) is 5.63. The Morgan fingerprint density at radius 1 is 1.27 bits per heavy atom. The van der Waals surface area contributed by atoms with Gasteiger partial charge in [0, 0.05) is 43.8 Å². The van der Waals surface area contributed by atoms with E-state index in [0.29, 0.717) is 29.2 Å². The van der Waals surface area contributed by atoms with Crippen molar-refractivity contribution in [2.24, 2.45) is 0 Å². The molecule has 0 radical (unpaired) electrons. The quantitative estimate of drug-likeness (QED) is 0.617. The van der Waals surface area contributed by atoms with E-state index in [0.717, 1.165) is 0 Å². The van der Waals surface area contributed by atoms with Crippen LogP contribution >= 0.6 is 0 Å². The second-order valence-electron chi connectivity index (χ2n) is 6.96. The molecule has 0 bridgehead atoms. The third-order valence-electron chi connectivity index (χ3n) is 5.00. The Morgan fingerprint density at radius 3 is 2.80 bits per heavy atom. The van der Waals surface area contributed by atoms with Crippen LogP contribution in [0.1, 0.15) is 24.4 Å². The lowest BCUT2D eigenvalue weighted by Gasteiger charge is -2.32. The molecule has 158 valence electrons. The summed E-state index contributed by atoms with van der Waals surface area (Å²) in [6.45, 7) is 4.69. The number of aromatic nitrogens is 4. The van der Waals surface area contributed by atoms with Gasteiger partial charge in [0.15, 0.2) is 0 Å². The molecule has 1 unspecified atom stereocenters. The van der Waals surface area contributed by atoms with Gasteiger partial charge >= 0.3 is 0 Å². The number of nitrogens with zero attached hydrogens (tertiary/aromatic N) is 5. The number of aryl methyl sites for hydroxylation is 2. The molecular weight excluding hydrogens is 409 g/mol. The molecule has 2 aromatic heterocycles. The number of ether oxygens (including phenoxy) is 1. The van der Waals surface area contributed by atoms with Crippen LogP contribution in [0.3, 0.4) is 0 Å². The van der Waals surface area contributed by atoms with Crippen LogP contribution in [-0.4, -0.2) is 52.2 Å². The van der Waals surface area contributed by atoms with Crippen LogP contribution in [0.25, 0.3) is 11.3 Å². The first kappa shape index (κ1) is 20.6. The van der Waals surface area contributed by atoms with Crippen LogP contribution in [0.2, 0.25) is 0 Å². The predicted molar refractivity (Wildman–Crippen MR) is 108 cm³/mol. The van der Waals surface area contributed by atoms with Gasteiger partial charge in [-0.3, -0.25) is 14.6 Å². The minimum atomic E-state index is -3.75. The van der Waals surface area contributed by atoms with E-state index in [9.17, 15) is 12.8 Å². The molecule has 8 nitrogen and oxygen atoms in total. The first-order valence-corrected chi connectivity index (χ1v) is 11.1. The average Bonchev–Trinajstić information content (AvgIpc) is 3.15. The summed E-state index contributed by atoms with van der Waals surface area (Å²) in [7, 11) is -3.75. The van der Waals surface area contributed by atoms with Gasteiger partial charge in [-0.25, -0.2) is 12.8 Å². The van der Waals surface area contributed by atoms with Crippen LogP contribution in [0.5, 0.6) is 0 Å². The monoisotopic (exact) mass is 431 g/mol. The molecule has 4 rings (SSSR count). The molecule has 0 spiro atoms. The van der Waals surface area contributed by atoms with Gasteiger partial charge in [-0.15, -0.1) is 0 Å². The third kappa shape index (κ3) is 3.85. The van der Waals surface area contributed by atoms with Gasteiger partial charge in [0.1, 0.15) is 16.8 Å². The number of sulfonamides is 1. The predicted octanol–water partition coefficient (Wildman–Crippen LogP) is 2.57. The van der Waals surface area contributed by atoms with E-state index in [-0.39, 0.29) is 30.4 Å². The fourth-order valence-corrected chi connectivity index (χ4v) is 5.10. The molecular formula is C20H22FN5O3S. The lowest BCUT2D eigenvalue weighted by molar-refractivity contribution is -0.00478. The van der Waals surface area contributed by atoms with Gasteiger partial charge in [-0.05, 0) is 26.0 Å². The Balaban J connectivity index is 1.66. The number of rotatable bonds is 5. The minimum Gasteiger partial charge on any atom is -0.369 e. The van der Waals surface area contributed by atoms with Gasteiger partial charge in [-0.2, -0.15) is 9.40 Å². The third-order valence-corrected chi connectivity index (χ3v) is 6.97. The molecule has 0 amide bonds. The van der Waals surface area contributed by atoms with Crippen LogP contribution in [0.15, 0.2) is 47.8 Å². The summed E-state index contributed by atoms with van der Waals surface area (Å²) in [6, 6.07) is 6.04. The van der Waals surface area contributed by atoms with E-state index in [1.54, 1.807) is 29.9 Å².